The van der Waals surface area contributed by atoms with E-state index < -0.39 is 5.60 Å². The fraction of sp³-hybridized carbons (Fsp3) is 0.0800. The van der Waals surface area contributed by atoms with E-state index in [1.807, 2.05) is 122 Å². The Kier molecular flexibility index (Phi) is 7.94. The molecule has 2 N–H and O–H groups in total. The normalized spacial score (nSPS) is 10.2. The van der Waals surface area contributed by atoms with Crippen LogP contribution in [-0.2, 0) is 5.60 Å². The van der Waals surface area contributed by atoms with E-state index >= 15 is 0 Å². The molecule has 0 radical (unpaired) electrons. The van der Waals surface area contributed by atoms with Crippen LogP contribution in [-0.4, -0.2) is 5.11 Å². The Balaban J connectivity index is 0.000000298. The number of halogens is 1. The summed E-state index contributed by atoms with van der Waals surface area (Å²) in [4.78, 5) is 3.03. The first-order chi connectivity index (χ1) is 13.2. The van der Waals surface area contributed by atoms with Crippen LogP contribution in [0.2, 0.25) is 0 Å². The molecule has 28 heavy (non-hydrogen) atoms. The monoisotopic (exact) mass is 389 g/mol. The number of benzene rings is 3. The molecule has 0 amide bonds. The van der Waals surface area contributed by atoms with Crippen molar-refractivity contribution >= 4 is 0 Å². The molecular weight excluding hydrogens is 366 g/mol. The molecule has 4 rings (SSSR count). The van der Waals surface area contributed by atoms with Gasteiger partial charge in [-0.1, -0.05) is 97.1 Å². The molecule has 0 aliphatic carbocycles. The minimum Gasteiger partial charge on any atom is -1.00 e. The van der Waals surface area contributed by atoms with Crippen LogP contribution < -0.4 is 17.4 Å². The quantitative estimate of drug-likeness (QED) is 0.532. The van der Waals surface area contributed by atoms with Crippen LogP contribution in [0.5, 0.6) is 0 Å². The lowest BCUT2D eigenvalue weighted by atomic mass is 9.80. The first-order valence-corrected chi connectivity index (χ1v) is 9.03. The lowest BCUT2D eigenvalue weighted by Crippen LogP contribution is -3.00. The Morgan fingerprint density at radius 1 is 0.571 bits per heavy atom. The van der Waals surface area contributed by atoms with E-state index in [9.17, 15) is 5.11 Å². The van der Waals surface area contributed by atoms with E-state index in [2.05, 4.69) is 4.98 Å². The molecule has 4 aromatic rings. The van der Waals surface area contributed by atoms with Crippen molar-refractivity contribution < 1.29 is 22.5 Å². The molecule has 0 bridgehead atoms. The predicted octanol–water partition coefficient (Wildman–Crippen LogP) is 1.78. The minimum absolute atomic E-state index is 0. The fourth-order valence-electron chi connectivity index (χ4n) is 3.02. The highest BCUT2D eigenvalue weighted by atomic mass is 35.5. The van der Waals surface area contributed by atoms with Crippen molar-refractivity contribution in [2.24, 2.45) is 0 Å². The van der Waals surface area contributed by atoms with Gasteiger partial charge in [0.2, 0.25) is 0 Å². The Morgan fingerprint density at radius 3 is 1.18 bits per heavy atom. The average molecular weight is 390 g/mol. The number of hydrogen-bond acceptors (Lipinski definition) is 1. The second kappa shape index (κ2) is 10.4. The van der Waals surface area contributed by atoms with E-state index in [4.69, 9.17) is 0 Å². The molecule has 0 aliphatic heterocycles. The first-order valence-electron chi connectivity index (χ1n) is 9.03. The molecule has 0 saturated carbocycles. The van der Waals surface area contributed by atoms with Crippen molar-refractivity contribution in [2.45, 2.75) is 12.5 Å². The summed E-state index contributed by atoms with van der Waals surface area (Å²) in [6.45, 7) is 2.03. The second-order valence-corrected chi connectivity index (χ2v) is 6.35. The summed E-state index contributed by atoms with van der Waals surface area (Å²) in [7, 11) is 0. The summed E-state index contributed by atoms with van der Waals surface area (Å²) in [5.41, 5.74) is 2.69. The van der Waals surface area contributed by atoms with Gasteiger partial charge in [0.15, 0.2) is 11.9 Å². The van der Waals surface area contributed by atoms with Gasteiger partial charge in [-0.25, -0.2) is 4.98 Å². The highest BCUT2D eigenvalue weighted by Crippen LogP contribution is 2.36. The van der Waals surface area contributed by atoms with Crippen molar-refractivity contribution in [3.05, 3.63) is 138 Å². The van der Waals surface area contributed by atoms with Crippen molar-refractivity contribution in [2.75, 3.05) is 0 Å². The van der Waals surface area contributed by atoms with Gasteiger partial charge >= 0.3 is 0 Å². The van der Waals surface area contributed by atoms with Crippen LogP contribution in [0, 0.1) is 6.92 Å². The van der Waals surface area contributed by atoms with Crippen molar-refractivity contribution in [1.82, 2.24) is 0 Å². The smallest absolute Gasteiger partial charge is 0.176 e. The maximum atomic E-state index is 11.4. The SMILES string of the molecule is Cc1cccc[nH+]1.OC(c1ccccc1)(c1ccccc1)c1ccccc1.[Cl-]. The number of pyridine rings is 1. The molecule has 3 heteroatoms. The summed E-state index contributed by atoms with van der Waals surface area (Å²) in [6, 6.07) is 35.3. The van der Waals surface area contributed by atoms with Gasteiger partial charge in [-0.15, -0.1) is 0 Å². The van der Waals surface area contributed by atoms with E-state index in [0.717, 1.165) is 16.7 Å². The highest BCUT2D eigenvalue weighted by Gasteiger charge is 2.33. The number of aromatic nitrogens is 1. The lowest BCUT2D eigenvalue weighted by molar-refractivity contribution is -0.387. The third kappa shape index (κ3) is 5.07. The molecule has 1 aromatic heterocycles. The number of rotatable bonds is 3. The number of aliphatic hydroxyl groups is 1. The summed E-state index contributed by atoms with van der Waals surface area (Å²) in [6.07, 6.45) is 1.91. The summed E-state index contributed by atoms with van der Waals surface area (Å²) >= 11 is 0. The van der Waals surface area contributed by atoms with E-state index in [1.165, 1.54) is 5.69 Å². The molecule has 0 spiro atoms. The zero-order valence-corrected chi connectivity index (χ0v) is 16.6. The fourth-order valence-corrected chi connectivity index (χ4v) is 3.02. The van der Waals surface area contributed by atoms with Gasteiger partial charge in [0.05, 0.1) is 0 Å². The van der Waals surface area contributed by atoms with Gasteiger partial charge in [0.25, 0.3) is 0 Å². The Hall–Kier alpha value is -2.94. The highest BCUT2D eigenvalue weighted by molar-refractivity contribution is 5.46. The first kappa shape index (κ1) is 21.4. The summed E-state index contributed by atoms with van der Waals surface area (Å²) in [5, 5.41) is 11.4. The number of hydrogen-bond donors (Lipinski definition) is 1. The number of H-pyrrole nitrogens is 1. The maximum absolute atomic E-state index is 11.4. The molecule has 3 aromatic carbocycles. The van der Waals surface area contributed by atoms with E-state index in [1.54, 1.807) is 0 Å². The van der Waals surface area contributed by atoms with Gasteiger partial charge in [-0.2, -0.15) is 0 Å². The van der Waals surface area contributed by atoms with Crippen LogP contribution in [0.1, 0.15) is 22.4 Å². The Labute approximate surface area is 173 Å². The third-order valence-electron chi connectivity index (χ3n) is 4.44. The number of nitrogens with one attached hydrogen (secondary N) is 1. The zero-order chi connectivity index (χ0) is 19.0. The molecule has 0 atom stereocenters. The number of aryl methyl sites for hydroxylation is 1. The van der Waals surface area contributed by atoms with Crippen molar-refractivity contribution in [3.8, 4) is 0 Å². The van der Waals surface area contributed by atoms with Crippen molar-refractivity contribution in [1.29, 1.82) is 0 Å². The van der Waals surface area contributed by atoms with Gasteiger partial charge in [-0.3, -0.25) is 0 Å². The van der Waals surface area contributed by atoms with Crippen LogP contribution in [0.3, 0.4) is 0 Å². The minimum atomic E-state index is -1.12. The molecule has 0 saturated heterocycles. The Bertz CT molecular complexity index is 832. The van der Waals surface area contributed by atoms with Crippen molar-refractivity contribution in [3.63, 3.8) is 0 Å². The van der Waals surface area contributed by atoms with Gasteiger partial charge in [0.1, 0.15) is 5.60 Å². The maximum Gasteiger partial charge on any atom is 0.176 e. The van der Waals surface area contributed by atoms with Crippen LogP contribution in [0.25, 0.3) is 0 Å². The molecule has 0 unspecified atom stereocenters. The summed E-state index contributed by atoms with van der Waals surface area (Å²) < 4.78 is 0. The lowest BCUT2D eigenvalue weighted by Gasteiger charge is -2.30. The zero-order valence-electron chi connectivity index (χ0n) is 15.8. The van der Waals surface area contributed by atoms with Crippen LogP contribution in [0.4, 0.5) is 0 Å². The van der Waals surface area contributed by atoms with E-state index in [0.29, 0.717) is 0 Å². The molecule has 1 heterocycles. The second-order valence-electron chi connectivity index (χ2n) is 6.35. The van der Waals surface area contributed by atoms with Gasteiger partial charge in [-0.05, 0) is 16.7 Å². The predicted molar refractivity (Wildman–Crippen MR) is 109 cm³/mol. The largest absolute Gasteiger partial charge is 1.00 e. The van der Waals surface area contributed by atoms with Crippen LogP contribution >= 0.6 is 0 Å². The van der Waals surface area contributed by atoms with E-state index in [-0.39, 0.29) is 12.4 Å². The number of aromatic amines is 1. The topological polar surface area (TPSA) is 34.4 Å². The average Bonchev–Trinajstić information content (AvgIpc) is 2.76. The molecule has 0 fully saturated rings. The van der Waals surface area contributed by atoms with Gasteiger partial charge < -0.3 is 17.5 Å². The molecule has 142 valence electrons. The molecule has 0 aliphatic rings. The standard InChI is InChI=1S/C19H16O.C6H7N.ClH/c20-19(16-10-4-1-5-11-16,17-12-6-2-7-13-17)18-14-8-3-9-15-18;1-6-4-2-3-5-7-6;/h1-15,20H;2-5H,1H3;1H. The molecular formula is C25H24ClNO. The van der Waals surface area contributed by atoms with Gasteiger partial charge in [0, 0.05) is 19.1 Å². The Morgan fingerprint density at radius 2 is 0.929 bits per heavy atom. The third-order valence-corrected chi connectivity index (χ3v) is 4.44. The summed E-state index contributed by atoms with van der Waals surface area (Å²) in [5.74, 6) is 0. The molecule has 2 nitrogen and oxygen atoms in total. The van der Waals surface area contributed by atoms with Crippen LogP contribution in [0.15, 0.2) is 115 Å².